The first-order valence-corrected chi connectivity index (χ1v) is 10.1. The molecule has 1 rings (SSSR count). The number of carbonyl (C=O) groups excluding carboxylic acids is 3. The van der Waals surface area contributed by atoms with Gasteiger partial charge in [-0.2, -0.15) is 0 Å². The standard InChI is InChI=1S/C21H32N4O6/c1-11(2)18(21(31)24-13(4)19(29)23-12(3)9-17(27)28)25-20(30)16(22)10-14-5-7-15(26)8-6-14/h5-8,11-13,16,18,26H,9-10,22H2,1-4H3,(H,23,29)(H,24,31)(H,25,30)(H,27,28)/t12-,13+,16+,18+/m1/s1. The molecule has 0 saturated heterocycles. The van der Waals surface area contributed by atoms with Gasteiger partial charge in [-0.25, -0.2) is 0 Å². The Morgan fingerprint density at radius 3 is 2.00 bits per heavy atom. The van der Waals surface area contributed by atoms with Gasteiger partial charge in [0.05, 0.1) is 12.5 Å². The molecule has 0 bridgehead atoms. The van der Waals surface area contributed by atoms with E-state index in [1.807, 2.05) is 0 Å². The molecule has 31 heavy (non-hydrogen) atoms. The van der Waals surface area contributed by atoms with E-state index in [1.54, 1.807) is 32.9 Å². The molecule has 10 nitrogen and oxygen atoms in total. The molecule has 172 valence electrons. The number of aliphatic carboxylic acids is 1. The fourth-order valence-corrected chi connectivity index (χ4v) is 2.82. The summed E-state index contributed by atoms with van der Waals surface area (Å²) < 4.78 is 0. The fraction of sp³-hybridized carbons (Fsp3) is 0.524. The molecule has 0 aliphatic heterocycles. The SMILES string of the molecule is CC(C)[C@H](NC(=O)[C@@H](N)Cc1ccc(O)cc1)C(=O)N[C@@H](C)C(=O)N[C@H](C)CC(=O)O. The average Bonchev–Trinajstić information content (AvgIpc) is 2.66. The maximum absolute atomic E-state index is 12.6. The molecular weight excluding hydrogens is 404 g/mol. The normalized spacial score (nSPS) is 14.8. The van der Waals surface area contributed by atoms with E-state index in [9.17, 15) is 24.3 Å². The Kier molecular flexibility index (Phi) is 9.94. The largest absolute Gasteiger partial charge is 0.508 e. The molecule has 0 radical (unpaired) electrons. The maximum atomic E-state index is 12.6. The summed E-state index contributed by atoms with van der Waals surface area (Å²) in [6, 6.07) is 2.96. The monoisotopic (exact) mass is 436 g/mol. The number of hydrogen-bond donors (Lipinski definition) is 6. The Bertz CT molecular complexity index is 781. The molecule has 0 saturated carbocycles. The lowest BCUT2D eigenvalue weighted by Crippen LogP contribution is -2.57. The van der Waals surface area contributed by atoms with Crippen molar-refractivity contribution in [3.8, 4) is 5.75 Å². The summed E-state index contributed by atoms with van der Waals surface area (Å²) in [7, 11) is 0. The van der Waals surface area contributed by atoms with Crippen molar-refractivity contribution in [1.82, 2.24) is 16.0 Å². The molecule has 0 aliphatic carbocycles. The van der Waals surface area contributed by atoms with Gasteiger partial charge in [0, 0.05) is 6.04 Å². The van der Waals surface area contributed by atoms with Crippen molar-refractivity contribution < 1.29 is 29.4 Å². The first-order valence-electron chi connectivity index (χ1n) is 10.1. The first kappa shape index (κ1) is 25.9. The second-order valence-electron chi connectivity index (χ2n) is 7.95. The minimum atomic E-state index is -1.05. The molecule has 0 spiro atoms. The molecule has 4 atom stereocenters. The highest BCUT2D eigenvalue weighted by molar-refractivity contribution is 5.93. The summed E-state index contributed by atoms with van der Waals surface area (Å²) in [6.07, 6.45) is -0.0190. The zero-order valence-electron chi connectivity index (χ0n) is 18.2. The molecular formula is C21H32N4O6. The summed E-state index contributed by atoms with van der Waals surface area (Å²) in [5, 5.41) is 25.8. The van der Waals surface area contributed by atoms with E-state index in [4.69, 9.17) is 10.8 Å². The Morgan fingerprint density at radius 1 is 0.903 bits per heavy atom. The van der Waals surface area contributed by atoms with Crippen LogP contribution < -0.4 is 21.7 Å². The van der Waals surface area contributed by atoms with Crippen LogP contribution in [0, 0.1) is 5.92 Å². The number of carbonyl (C=O) groups is 4. The van der Waals surface area contributed by atoms with Gasteiger partial charge < -0.3 is 31.9 Å². The predicted molar refractivity (Wildman–Crippen MR) is 114 cm³/mol. The van der Waals surface area contributed by atoms with Crippen molar-refractivity contribution in [2.24, 2.45) is 11.7 Å². The van der Waals surface area contributed by atoms with Crippen LogP contribution in [0.4, 0.5) is 0 Å². The Hall–Kier alpha value is -3.14. The fourth-order valence-electron chi connectivity index (χ4n) is 2.82. The van der Waals surface area contributed by atoms with Gasteiger partial charge in [-0.3, -0.25) is 19.2 Å². The number of carboxylic acids is 1. The van der Waals surface area contributed by atoms with Crippen LogP contribution in [-0.2, 0) is 25.6 Å². The minimum Gasteiger partial charge on any atom is -0.508 e. The molecule has 10 heteroatoms. The van der Waals surface area contributed by atoms with Gasteiger partial charge in [-0.1, -0.05) is 26.0 Å². The van der Waals surface area contributed by atoms with Crippen LogP contribution in [0.3, 0.4) is 0 Å². The van der Waals surface area contributed by atoms with Crippen molar-refractivity contribution in [1.29, 1.82) is 0 Å². The van der Waals surface area contributed by atoms with E-state index in [0.717, 1.165) is 5.56 Å². The number of phenols is 1. The highest BCUT2D eigenvalue weighted by Gasteiger charge is 2.29. The van der Waals surface area contributed by atoms with E-state index in [2.05, 4.69) is 16.0 Å². The van der Waals surface area contributed by atoms with Crippen molar-refractivity contribution in [2.75, 3.05) is 0 Å². The molecule has 7 N–H and O–H groups in total. The first-order chi connectivity index (χ1) is 14.4. The average molecular weight is 437 g/mol. The Balaban J connectivity index is 2.67. The van der Waals surface area contributed by atoms with Gasteiger partial charge in [-0.15, -0.1) is 0 Å². The Morgan fingerprint density at radius 2 is 1.48 bits per heavy atom. The van der Waals surface area contributed by atoms with Crippen molar-refractivity contribution >= 4 is 23.7 Å². The molecule has 1 aromatic carbocycles. The van der Waals surface area contributed by atoms with E-state index in [0.29, 0.717) is 0 Å². The van der Waals surface area contributed by atoms with Crippen LogP contribution in [0.25, 0.3) is 0 Å². The van der Waals surface area contributed by atoms with Gasteiger partial charge in [0.25, 0.3) is 0 Å². The number of benzene rings is 1. The number of carboxylic acid groups (broad SMARTS) is 1. The van der Waals surface area contributed by atoms with Gasteiger partial charge in [0.1, 0.15) is 17.8 Å². The quantitative estimate of drug-likeness (QED) is 0.281. The molecule has 1 aromatic rings. The zero-order chi connectivity index (χ0) is 23.7. The third-order valence-corrected chi connectivity index (χ3v) is 4.60. The van der Waals surface area contributed by atoms with Gasteiger partial charge in [-0.05, 0) is 43.9 Å². The minimum absolute atomic E-state index is 0.105. The van der Waals surface area contributed by atoms with Crippen molar-refractivity contribution in [3.63, 3.8) is 0 Å². The van der Waals surface area contributed by atoms with E-state index in [1.165, 1.54) is 19.1 Å². The van der Waals surface area contributed by atoms with Crippen LogP contribution >= 0.6 is 0 Å². The lowest BCUT2D eigenvalue weighted by atomic mass is 10.0. The summed E-state index contributed by atoms with van der Waals surface area (Å²) in [4.78, 5) is 48.0. The summed E-state index contributed by atoms with van der Waals surface area (Å²) in [5.41, 5.74) is 6.72. The summed E-state index contributed by atoms with van der Waals surface area (Å²) in [5.74, 6) is -2.81. The van der Waals surface area contributed by atoms with Gasteiger partial charge >= 0.3 is 5.97 Å². The number of nitrogens with two attached hydrogens (primary N) is 1. The Labute approximate surface area is 181 Å². The number of aromatic hydroxyl groups is 1. The second kappa shape index (κ2) is 11.9. The molecule has 0 fully saturated rings. The van der Waals surface area contributed by atoms with Crippen LogP contribution in [-0.4, -0.2) is 58.1 Å². The number of phenolic OH excluding ortho intramolecular Hbond substituents is 1. The van der Waals surface area contributed by atoms with E-state index >= 15 is 0 Å². The van der Waals surface area contributed by atoms with Crippen LogP contribution in [0.5, 0.6) is 5.75 Å². The predicted octanol–water partition coefficient (Wildman–Crippen LogP) is -0.113. The topological polar surface area (TPSA) is 171 Å². The highest BCUT2D eigenvalue weighted by Crippen LogP contribution is 2.11. The van der Waals surface area contributed by atoms with Gasteiger partial charge in [0.15, 0.2) is 0 Å². The van der Waals surface area contributed by atoms with Crippen LogP contribution in [0.2, 0.25) is 0 Å². The van der Waals surface area contributed by atoms with Crippen LogP contribution in [0.15, 0.2) is 24.3 Å². The third-order valence-electron chi connectivity index (χ3n) is 4.60. The zero-order valence-corrected chi connectivity index (χ0v) is 18.2. The van der Waals surface area contributed by atoms with Crippen molar-refractivity contribution in [2.45, 2.75) is 64.7 Å². The van der Waals surface area contributed by atoms with E-state index in [-0.39, 0.29) is 24.5 Å². The maximum Gasteiger partial charge on any atom is 0.305 e. The second-order valence-corrected chi connectivity index (χ2v) is 7.95. The van der Waals surface area contributed by atoms with Crippen molar-refractivity contribution in [3.05, 3.63) is 29.8 Å². The lowest BCUT2D eigenvalue weighted by Gasteiger charge is -2.25. The molecule has 0 aromatic heterocycles. The van der Waals surface area contributed by atoms with E-state index < -0.39 is 47.9 Å². The number of rotatable bonds is 11. The molecule has 3 amide bonds. The third kappa shape index (κ3) is 9.04. The highest BCUT2D eigenvalue weighted by atomic mass is 16.4. The van der Waals surface area contributed by atoms with Gasteiger partial charge in [0.2, 0.25) is 17.7 Å². The smallest absolute Gasteiger partial charge is 0.305 e. The summed E-state index contributed by atoms with van der Waals surface area (Å²) in [6.45, 7) is 6.51. The lowest BCUT2D eigenvalue weighted by molar-refractivity contribution is -0.138. The number of hydrogen-bond acceptors (Lipinski definition) is 6. The molecule has 0 heterocycles. The van der Waals surface area contributed by atoms with Crippen LogP contribution in [0.1, 0.15) is 39.7 Å². The molecule has 0 unspecified atom stereocenters. The number of amides is 3. The molecule has 0 aliphatic rings. The summed E-state index contributed by atoms with van der Waals surface area (Å²) >= 11 is 0. The number of nitrogens with one attached hydrogen (secondary N) is 3.